The number of esters is 1. The molecular weight excluding hydrogens is 382 g/mol. The third-order valence-electron chi connectivity index (χ3n) is 4.35. The fraction of sp³-hybridized carbons (Fsp3) is 0.200. The Hall–Kier alpha value is -3.19. The molecule has 1 aliphatic rings. The highest BCUT2D eigenvalue weighted by molar-refractivity contribution is 6.75. The van der Waals surface area contributed by atoms with Gasteiger partial charge in [-0.25, -0.2) is 4.79 Å². The van der Waals surface area contributed by atoms with Crippen LogP contribution in [-0.2, 0) is 19.1 Å². The van der Waals surface area contributed by atoms with E-state index in [0.717, 1.165) is 4.90 Å². The van der Waals surface area contributed by atoms with Crippen molar-refractivity contribution < 1.29 is 19.1 Å². The molecule has 8 heteroatoms. The van der Waals surface area contributed by atoms with Gasteiger partial charge in [-0.3, -0.25) is 19.9 Å². The molecule has 0 radical (unpaired) electrons. The number of hydrazone groups is 1. The first-order chi connectivity index (χ1) is 13.4. The molecule has 7 nitrogen and oxygen atoms in total. The van der Waals surface area contributed by atoms with Crippen LogP contribution in [0.15, 0.2) is 59.7 Å². The molecule has 0 bridgehead atoms. The fourth-order valence-corrected chi connectivity index (χ4v) is 3.08. The number of para-hydroxylation sites is 1. The molecule has 1 N–H and O–H groups in total. The summed E-state index contributed by atoms with van der Waals surface area (Å²) in [5.41, 5.74) is 1.71. The molecular formula is C20H18ClN3O4. The molecule has 0 spiro atoms. The Morgan fingerprint density at radius 2 is 1.79 bits per heavy atom. The van der Waals surface area contributed by atoms with Crippen LogP contribution in [0.5, 0.6) is 0 Å². The number of benzene rings is 2. The van der Waals surface area contributed by atoms with Crippen LogP contribution in [-0.4, -0.2) is 35.5 Å². The number of hydrogen-bond donors (Lipinski definition) is 1. The van der Waals surface area contributed by atoms with E-state index in [-0.39, 0.29) is 12.3 Å². The lowest BCUT2D eigenvalue weighted by atomic mass is 9.95. The zero-order valence-electron chi connectivity index (χ0n) is 15.3. The van der Waals surface area contributed by atoms with Crippen LogP contribution in [0.25, 0.3) is 0 Å². The topological polar surface area (TPSA) is 88.1 Å². The van der Waals surface area contributed by atoms with Crippen molar-refractivity contribution >= 4 is 46.3 Å². The van der Waals surface area contributed by atoms with E-state index in [1.54, 1.807) is 61.5 Å². The first-order valence-electron chi connectivity index (χ1n) is 8.60. The summed E-state index contributed by atoms with van der Waals surface area (Å²) in [5, 5.41) is 4.64. The largest absolute Gasteiger partial charge is 0.464 e. The maximum absolute atomic E-state index is 12.8. The maximum atomic E-state index is 12.8. The van der Waals surface area contributed by atoms with Gasteiger partial charge >= 0.3 is 11.9 Å². The van der Waals surface area contributed by atoms with Gasteiger partial charge in [-0.1, -0.05) is 29.8 Å². The van der Waals surface area contributed by atoms with E-state index in [9.17, 15) is 14.4 Å². The summed E-state index contributed by atoms with van der Waals surface area (Å²) in [4.78, 5) is 39.4. The third-order valence-corrected chi connectivity index (χ3v) is 4.60. The van der Waals surface area contributed by atoms with Crippen molar-refractivity contribution in [2.24, 2.45) is 5.10 Å². The molecule has 1 aliphatic heterocycles. The Balaban J connectivity index is 2.07. The summed E-state index contributed by atoms with van der Waals surface area (Å²) in [6.45, 7) is 3.19. The molecule has 1 fully saturated rings. The molecule has 2 aromatic rings. The Bertz CT molecular complexity index is 944. The van der Waals surface area contributed by atoms with E-state index in [2.05, 4.69) is 10.5 Å². The summed E-state index contributed by atoms with van der Waals surface area (Å²) in [7, 11) is 0. The number of rotatable bonds is 5. The monoisotopic (exact) mass is 399 g/mol. The number of anilines is 2. The summed E-state index contributed by atoms with van der Waals surface area (Å²) in [5.74, 6) is -2.46. The number of halogens is 1. The molecule has 0 aromatic heterocycles. The third kappa shape index (κ3) is 3.36. The molecule has 0 saturated carbocycles. The minimum Gasteiger partial charge on any atom is -0.464 e. The average Bonchev–Trinajstić information content (AvgIpc) is 2.89. The van der Waals surface area contributed by atoms with Crippen LogP contribution in [0.1, 0.15) is 13.8 Å². The Morgan fingerprint density at radius 3 is 2.39 bits per heavy atom. The van der Waals surface area contributed by atoms with Crippen molar-refractivity contribution in [3.8, 4) is 0 Å². The van der Waals surface area contributed by atoms with Crippen LogP contribution in [0, 0.1) is 0 Å². The van der Waals surface area contributed by atoms with Gasteiger partial charge in [0.05, 0.1) is 12.3 Å². The number of ether oxygens (including phenoxy) is 1. The molecule has 1 atom stereocenters. The fourth-order valence-electron chi connectivity index (χ4n) is 2.95. The number of carbonyl (C=O) groups is 3. The zero-order chi connectivity index (χ0) is 20.3. The minimum atomic E-state index is -1.70. The summed E-state index contributed by atoms with van der Waals surface area (Å²) < 4.78 is 5.16. The van der Waals surface area contributed by atoms with Gasteiger partial charge in [-0.15, -0.1) is 0 Å². The van der Waals surface area contributed by atoms with Gasteiger partial charge in [0.15, 0.2) is 11.3 Å². The summed E-state index contributed by atoms with van der Waals surface area (Å²) in [6, 6.07) is 15.1. The van der Waals surface area contributed by atoms with E-state index in [0.29, 0.717) is 16.4 Å². The van der Waals surface area contributed by atoms with Crippen molar-refractivity contribution in [1.29, 1.82) is 0 Å². The van der Waals surface area contributed by atoms with E-state index < -0.39 is 23.2 Å². The van der Waals surface area contributed by atoms with Crippen molar-refractivity contribution in [1.82, 2.24) is 0 Å². The van der Waals surface area contributed by atoms with Gasteiger partial charge in [0.25, 0.3) is 5.78 Å². The molecule has 3 rings (SSSR count). The van der Waals surface area contributed by atoms with Crippen LogP contribution in [0.2, 0.25) is 5.02 Å². The Kier molecular flexibility index (Phi) is 5.46. The van der Waals surface area contributed by atoms with E-state index in [1.807, 2.05) is 0 Å². The highest BCUT2D eigenvalue weighted by atomic mass is 35.5. The van der Waals surface area contributed by atoms with Crippen molar-refractivity contribution in [3.05, 3.63) is 59.6 Å². The highest BCUT2D eigenvalue weighted by Crippen LogP contribution is 2.33. The van der Waals surface area contributed by atoms with Gasteiger partial charge in [0.2, 0.25) is 0 Å². The SMILES string of the molecule is CCOC(=O)[C@@]1(C)/C(=N/Nc2ccc(Cl)cc2)C(=O)C(=O)N1c1ccccc1. The van der Waals surface area contributed by atoms with E-state index >= 15 is 0 Å². The molecule has 28 heavy (non-hydrogen) atoms. The molecule has 144 valence electrons. The van der Waals surface area contributed by atoms with Crippen molar-refractivity contribution in [2.75, 3.05) is 16.9 Å². The standard InChI is InChI=1S/C20H18ClN3O4/c1-3-28-19(27)20(2)17(23-22-14-11-9-13(21)10-12-14)16(25)18(26)24(20)15-7-5-4-6-8-15/h4-12,22H,3H2,1-2H3/b23-17+/t20-/m1/s1. The quantitative estimate of drug-likeness (QED) is 0.474. The van der Waals surface area contributed by atoms with Gasteiger partial charge in [0.1, 0.15) is 0 Å². The van der Waals surface area contributed by atoms with Crippen LogP contribution < -0.4 is 10.3 Å². The van der Waals surface area contributed by atoms with Crippen molar-refractivity contribution in [3.63, 3.8) is 0 Å². The zero-order valence-corrected chi connectivity index (χ0v) is 16.1. The van der Waals surface area contributed by atoms with Gasteiger partial charge in [0, 0.05) is 10.7 Å². The molecule has 1 heterocycles. The average molecular weight is 400 g/mol. The number of nitrogens with one attached hydrogen (secondary N) is 1. The lowest BCUT2D eigenvalue weighted by molar-refractivity contribution is -0.147. The van der Waals surface area contributed by atoms with Gasteiger partial charge in [-0.2, -0.15) is 5.10 Å². The number of ketones is 1. The maximum Gasteiger partial charge on any atom is 0.338 e. The first-order valence-corrected chi connectivity index (χ1v) is 8.98. The predicted octanol–water partition coefficient (Wildman–Crippen LogP) is 3.05. The van der Waals surface area contributed by atoms with E-state index in [1.165, 1.54) is 6.92 Å². The van der Waals surface area contributed by atoms with E-state index in [4.69, 9.17) is 16.3 Å². The number of carbonyl (C=O) groups excluding carboxylic acids is 3. The lowest BCUT2D eigenvalue weighted by Gasteiger charge is -2.31. The number of amides is 1. The highest BCUT2D eigenvalue weighted by Gasteiger charge is 2.60. The van der Waals surface area contributed by atoms with Crippen LogP contribution in [0.3, 0.4) is 0 Å². The number of hydrogen-bond acceptors (Lipinski definition) is 6. The number of Topliss-reactive ketones (excluding diaryl/α,β-unsaturated/α-hetero) is 1. The lowest BCUT2D eigenvalue weighted by Crippen LogP contribution is -2.55. The molecule has 2 aromatic carbocycles. The predicted molar refractivity (Wildman–Crippen MR) is 106 cm³/mol. The molecule has 0 aliphatic carbocycles. The second-order valence-electron chi connectivity index (χ2n) is 6.18. The Morgan fingerprint density at radius 1 is 1.14 bits per heavy atom. The van der Waals surface area contributed by atoms with Crippen LogP contribution >= 0.6 is 11.6 Å². The first kappa shape index (κ1) is 19.6. The smallest absolute Gasteiger partial charge is 0.338 e. The second-order valence-corrected chi connectivity index (χ2v) is 6.61. The van der Waals surface area contributed by atoms with Gasteiger partial charge in [-0.05, 0) is 50.2 Å². The summed E-state index contributed by atoms with van der Waals surface area (Å²) in [6.07, 6.45) is 0. The Labute approximate surface area is 166 Å². The van der Waals surface area contributed by atoms with Crippen molar-refractivity contribution in [2.45, 2.75) is 19.4 Å². The minimum absolute atomic E-state index is 0.0946. The van der Waals surface area contributed by atoms with Crippen LogP contribution in [0.4, 0.5) is 11.4 Å². The summed E-state index contributed by atoms with van der Waals surface area (Å²) >= 11 is 5.86. The van der Waals surface area contributed by atoms with Gasteiger partial charge < -0.3 is 4.74 Å². The molecule has 1 amide bonds. The second kappa shape index (κ2) is 7.82. The normalized spacial score (nSPS) is 20.5. The molecule has 1 saturated heterocycles. The molecule has 0 unspecified atom stereocenters. The number of nitrogens with zero attached hydrogens (tertiary/aromatic N) is 2.